The summed E-state index contributed by atoms with van der Waals surface area (Å²) in [6.45, 7) is 7.82. The van der Waals surface area contributed by atoms with E-state index in [0.29, 0.717) is 25.6 Å². The first kappa shape index (κ1) is 15.2. The van der Waals surface area contributed by atoms with E-state index in [2.05, 4.69) is 5.32 Å². The molecule has 2 aliphatic heterocycles. The SMILES string of the molecule is CCCN(CCC)S(=O)(=O)N1CCCC2CNCC21. The van der Waals surface area contributed by atoms with Crippen LogP contribution in [0.25, 0.3) is 0 Å². The van der Waals surface area contributed by atoms with E-state index in [4.69, 9.17) is 0 Å². The van der Waals surface area contributed by atoms with E-state index < -0.39 is 10.2 Å². The molecule has 5 nitrogen and oxygen atoms in total. The number of hydrogen-bond acceptors (Lipinski definition) is 3. The highest BCUT2D eigenvalue weighted by Gasteiger charge is 2.42. The maximum atomic E-state index is 12.8. The zero-order valence-electron chi connectivity index (χ0n) is 12.1. The van der Waals surface area contributed by atoms with Crippen molar-refractivity contribution in [1.29, 1.82) is 0 Å². The molecule has 0 radical (unpaired) electrons. The highest BCUT2D eigenvalue weighted by atomic mass is 32.2. The summed E-state index contributed by atoms with van der Waals surface area (Å²) in [6, 6.07) is 0.176. The predicted octanol–water partition coefficient (Wildman–Crippen LogP) is 1.04. The van der Waals surface area contributed by atoms with Gasteiger partial charge in [-0.1, -0.05) is 13.8 Å². The lowest BCUT2D eigenvalue weighted by molar-refractivity contribution is 0.201. The van der Waals surface area contributed by atoms with Crippen LogP contribution in [0, 0.1) is 5.92 Å². The van der Waals surface area contributed by atoms with E-state index in [1.807, 2.05) is 13.8 Å². The molecular weight excluding hydrogens is 262 g/mol. The molecule has 2 unspecified atom stereocenters. The molecule has 2 aliphatic rings. The van der Waals surface area contributed by atoms with Crippen molar-refractivity contribution in [3.05, 3.63) is 0 Å². The third-order valence-corrected chi connectivity index (χ3v) is 6.26. The summed E-state index contributed by atoms with van der Waals surface area (Å²) in [5.74, 6) is 0.508. The summed E-state index contributed by atoms with van der Waals surface area (Å²) < 4.78 is 29.1. The van der Waals surface area contributed by atoms with Gasteiger partial charge in [0.05, 0.1) is 0 Å². The topological polar surface area (TPSA) is 52.7 Å². The molecule has 0 saturated carbocycles. The molecule has 0 aromatic carbocycles. The minimum absolute atomic E-state index is 0.176. The van der Waals surface area contributed by atoms with Crippen LogP contribution >= 0.6 is 0 Å². The van der Waals surface area contributed by atoms with Gasteiger partial charge in [0.2, 0.25) is 0 Å². The van der Waals surface area contributed by atoms with Crippen LogP contribution in [0.15, 0.2) is 0 Å². The molecule has 112 valence electrons. The van der Waals surface area contributed by atoms with E-state index in [-0.39, 0.29) is 6.04 Å². The van der Waals surface area contributed by atoms with Gasteiger partial charge in [-0.15, -0.1) is 0 Å². The molecule has 0 aromatic heterocycles. The average Bonchev–Trinajstić information content (AvgIpc) is 2.86. The van der Waals surface area contributed by atoms with E-state index in [1.165, 1.54) is 0 Å². The molecule has 19 heavy (non-hydrogen) atoms. The van der Waals surface area contributed by atoms with Gasteiger partial charge in [0.1, 0.15) is 0 Å². The molecule has 2 rings (SSSR count). The van der Waals surface area contributed by atoms with Gasteiger partial charge < -0.3 is 5.32 Å². The van der Waals surface area contributed by atoms with Gasteiger partial charge in [0.25, 0.3) is 10.2 Å². The van der Waals surface area contributed by atoms with Gasteiger partial charge in [-0.2, -0.15) is 17.0 Å². The van der Waals surface area contributed by atoms with Crippen molar-refractivity contribution < 1.29 is 8.42 Å². The lowest BCUT2D eigenvalue weighted by Crippen LogP contribution is -2.53. The fourth-order valence-corrected chi connectivity index (χ4v) is 5.37. The molecule has 2 fully saturated rings. The first-order valence-electron chi connectivity index (χ1n) is 7.58. The number of rotatable bonds is 6. The molecule has 0 amide bonds. The summed E-state index contributed by atoms with van der Waals surface area (Å²) in [5.41, 5.74) is 0. The smallest absolute Gasteiger partial charge is 0.282 e. The Morgan fingerprint density at radius 3 is 2.53 bits per heavy atom. The normalized spacial score (nSPS) is 28.8. The molecule has 6 heteroatoms. The first-order chi connectivity index (χ1) is 9.11. The Morgan fingerprint density at radius 2 is 1.89 bits per heavy atom. The van der Waals surface area contributed by atoms with Crippen LogP contribution in [-0.4, -0.2) is 55.8 Å². The number of nitrogens with zero attached hydrogens (tertiary/aromatic N) is 2. The van der Waals surface area contributed by atoms with E-state index >= 15 is 0 Å². The standard InChI is InChI=1S/C13H27N3O2S/c1-3-7-15(8-4-2)19(17,18)16-9-5-6-12-10-14-11-13(12)16/h12-14H,3-11H2,1-2H3. The van der Waals surface area contributed by atoms with Crippen molar-refractivity contribution in [3.8, 4) is 0 Å². The Balaban J connectivity index is 2.16. The Morgan fingerprint density at radius 1 is 1.21 bits per heavy atom. The molecule has 0 aromatic rings. The molecule has 0 spiro atoms. The third-order valence-electron chi connectivity index (χ3n) is 4.20. The Kier molecular flexibility index (Phi) is 5.22. The predicted molar refractivity (Wildman–Crippen MR) is 77.2 cm³/mol. The van der Waals surface area contributed by atoms with Crippen LogP contribution in [0.4, 0.5) is 0 Å². The highest BCUT2D eigenvalue weighted by molar-refractivity contribution is 7.86. The van der Waals surface area contributed by atoms with Crippen LogP contribution in [0.3, 0.4) is 0 Å². The largest absolute Gasteiger partial charge is 0.315 e. The van der Waals surface area contributed by atoms with Crippen molar-refractivity contribution >= 4 is 10.2 Å². The summed E-state index contributed by atoms with van der Waals surface area (Å²) in [7, 11) is -3.28. The minimum Gasteiger partial charge on any atom is -0.315 e. The van der Waals surface area contributed by atoms with Gasteiger partial charge in [0, 0.05) is 32.2 Å². The zero-order chi connectivity index (χ0) is 13.9. The molecule has 0 bridgehead atoms. The number of fused-ring (bicyclic) bond motifs is 1. The van der Waals surface area contributed by atoms with Crippen LogP contribution in [0.2, 0.25) is 0 Å². The Bertz CT molecular complexity index is 379. The van der Waals surface area contributed by atoms with Crippen LogP contribution < -0.4 is 5.32 Å². The number of hydrogen-bond donors (Lipinski definition) is 1. The summed E-state index contributed by atoms with van der Waals surface area (Å²) in [4.78, 5) is 0. The quantitative estimate of drug-likeness (QED) is 0.795. The second kappa shape index (κ2) is 6.52. The fraction of sp³-hybridized carbons (Fsp3) is 1.00. The Hall–Kier alpha value is -0.170. The molecule has 2 atom stereocenters. The van der Waals surface area contributed by atoms with Gasteiger partial charge in [-0.3, -0.25) is 0 Å². The maximum absolute atomic E-state index is 12.8. The third kappa shape index (κ3) is 3.12. The summed E-state index contributed by atoms with van der Waals surface area (Å²) in [5, 5.41) is 3.34. The van der Waals surface area contributed by atoms with Crippen molar-refractivity contribution in [2.45, 2.75) is 45.6 Å². The van der Waals surface area contributed by atoms with E-state index in [0.717, 1.165) is 38.8 Å². The van der Waals surface area contributed by atoms with Crippen molar-refractivity contribution in [2.75, 3.05) is 32.7 Å². The summed E-state index contributed by atoms with van der Waals surface area (Å²) in [6.07, 6.45) is 3.90. The van der Waals surface area contributed by atoms with E-state index in [1.54, 1.807) is 8.61 Å². The monoisotopic (exact) mass is 289 g/mol. The average molecular weight is 289 g/mol. The van der Waals surface area contributed by atoms with Gasteiger partial charge in [-0.05, 0) is 38.1 Å². The van der Waals surface area contributed by atoms with Crippen LogP contribution in [0.1, 0.15) is 39.5 Å². The number of nitrogens with one attached hydrogen (secondary N) is 1. The second-order valence-electron chi connectivity index (χ2n) is 5.65. The Labute approximate surface area is 117 Å². The van der Waals surface area contributed by atoms with Gasteiger partial charge >= 0.3 is 0 Å². The molecule has 0 aliphatic carbocycles. The maximum Gasteiger partial charge on any atom is 0.282 e. The van der Waals surface area contributed by atoms with Crippen molar-refractivity contribution in [2.24, 2.45) is 5.92 Å². The molecule has 2 saturated heterocycles. The van der Waals surface area contributed by atoms with Crippen molar-refractivity contribution in [3.63, 3.8) is 0 Å². The van der Waals surface area contributed by atoms with Gasteiger partial charge in [0.15, 0.2) is 0 Å². The molecule has 1 N–H and O–H groups in total. The number of piperidine rings is 1. The van der Waals surface area contributed by atoms with E-state index in [9.17, 15) is 8.42 Å². The first-order valence-corrected chi connectivity index (χ1v) is 8.98. The minimum atomic E-state index is -3.28. The zero-order valence-corrected chi connectivity index (χ0v) is 13.0. The molecular formula is C13H27N3O2S. The fourth-order valence-electron chi connectivity index (χ4n) is 3.30. The lowest BCUT2D eigenvalue weighted by Gasteiger charge is -2.38. The van der Waals surface area contributed by atoms with Crippen molar-refractivity contribution in [1.82, 2.24) is 13.9 Å². The highest BCUT2D eigenvalue weighted by Crippen LogP contribution is 2.29. The van der Waals surface area contributed by atoms with Crippen LogP contribution in [-0.2, 0) is 10.2 Å². The van der Waals surface area contributed by atoms with Gasteiger partial charge in [-0.25, -0.2) is 0 Å². The summed E-state index contributed by atoms with van der Waals surface area (Å²) >= 11 is 0. The second-order valence-corrected chi connectivity index (χ2v) is 7.53. The lowest BCUT2D eigenvalue weighted by atomic mass is 9.94. The molecule has 2 heterocycles. The van der Waals surface area contributed by atoms with Crippen LogP contribution in [0.5, 0.6) is 0 Å².